The zero-order valence-electron chi connectivity index (χ0n) is 11.3. The molecule has 1 aromatic rings. The van der Waals surface area contributed by atoms with Crippen molar-refractivity contribution >= 4 is 10.0 Å². The topological polar surface area (TPSA) is 57.6 Å². The van der Waals surface area contributed by atoms with Gasteiger partial charge in [-0.05, 0) is 43.4 Å². The summed E-state index contributed by atoms with van der Waals surface area (Å²) >= 11 is 0. The van der Waals surface area contributed by atoms with Gasteiger partial charge in [-0.15, -0.1) is 0 Å². The van der Waals surface area contributed by atoms with Crippen LogP contribution in [0.2, 0.25) is 0 Å². The van der Waals surface area contributed by atoms with E-state index in [1.54, 1.807) is 4.31 Å². The first-order valence-corrected chi connectivity index (χ1v) is 8.48. The van der Waals surface area contributed by atoms with Crippen molar-refractivity contribution in [2.45, 2.75) is 37.5 Å². The molecule has 112 valence electrons. The van der Waals surface area contributed by atoms with Crippen LogP contribution >= 0.6 is 0 Å². The number of rotatable bonds is 6. The quantitative estimate of drug-likeness (QED) is 0.873. The molecule has 20 heavy (non-hydrogen) atoms. The van der Waals surface area contributed by atoms with Crippen molar-refractivity contribution in [2.75, 3.05) is 13.2 Å². The summed E-state index contributed by atoms with van der Waals surface area (Å²) < 4.78 is 39.2. The van der Waals surface area contributed by atoms with Crippen LogP contribution in [0.25, 0.3) is 0 Å². The number of hydrogen-bond acceptors (Lipinski definition) is 3. The van der Waals surface area contributed by atoms with E-state index in [4.69, 9.17) is 5.11 Å². The smallest absolute Gasteiger partial charge is 0.218 e. The van der Waals surface area contributed by atoms with E-state index in [2.05, 4.69) is 0 Å². The molecule has 1 heterocycles. The van der Waals surface area contributed by atoms with Crippen molar-refractivity contribution in [1.82, 2.24) is 4.31 Å². The van der Waals surface area contributed by atoms with Crippen molar-refractivity contribution in [3.05, 3.63) is 35.6 Å². The molecule has 4 nitrogen and oxygen atoms in total. The third-order valence-electron chi connectivity index (χ3n) is 3.64. The fourth-order valence-corrected chi connectivity index (χ4v) is 4.52. The van der Waals surface area contributed by atoms with Gasteiger partial charge in [0.25, 0.3) is 0 Å². The van der Waals surface area contributed by atoms with Gasteiger partial charge in [-0.1, -0.05) is 12.1 Å². The predicted octanol–water partition coefficient (Wildman–Crippen LogP) is 1.89. The first-order valence-electron chi connectivity index (χ1n) is 6.88. The Kier molecular flexibility index (Phi) is 5.12. The lowest BCUT2D eigenvalue weighted by atomic mass is 10.1. The van der Waals surface area contributed by atoms with Gasteiger partial charge in [0, 0.05) is 19.2 Å². The molecule has 0 amide bonds. The molecule has 1 aliphatic heterocycles. The third-order valence-corrected chi connectivity index (χ3v) is 5.53. The van der Waals surface area contributed by atoms with Crippen LogP contribution in [0.3, 0.4) is 0 Å². The summed E-state index contributed by atoms with van der Waals surface area (Å²) in [5, 5.41) is 8.87. The molecule has 2 rings (SSSR count). The maximum Gasteiger partial charge on any atom is 0.218 e. The summed E-state index contributed by atoms with van der Waals surface area (Å²) in [5.74, 6) is -0.462. The second-order valence-electron chi connectivity index (χ2n) is 5.16. The lowest BCUT2D eigenvalue weighted by Gasteiger charge is -2.24. The fourth-order valence-electron chi connectivity index (χ4n) is 2.66. The van der Waals surface area contributed by atoms with Crippen LogP contribution in [-0.4, -0.2) is 37.0 Å². The number of halogens is 1. The van der Waals surface area contributed by atoms with Crippen LogP contribution < -0.4 is 0 Å². The van der Waals surface area contributed by atoms with Crippen LogP contribution in [0.15, 0.2) is 24.3 Å². The Bertz CT molecular complexity index is 530. The predicted molar refractivity (Wildman–Crippen MR) is 75.1 cm³/mol. The van der Waals surface area contributed by atoms with Gasteiger partial charge < -0.3 is 5.11 Å². The highest BCUT2D eigenvalue weighted by molar-refractivity contribution is 7.88. The molecule has 1 aliphatic rings. The van der Waals surface area contributed by atoms with Gasteiger partial charge in [0.05, 0.1) is 5.75 Å². The molecule has 1 atom stereocenters. The summed E-state index contributed by atoms with van der Waals surface area (Å²) in [7, 11) is -3.38. The largest absolute Gasteiger partial charge is 0.396 e. The SMILES string of the molecule is O=S(=O)(Cc1ccc(F)cc1)N1CCCC1CCCO. The van der Waals surface area contributed by atoms with Gasteiger partial charge >= 0.3 is 0 Å². The number of sulfonamides is 1. The molecular formula is C14H20FNO3S. The minimum absolute atomic E-state index is 0.00685. The Balaban J connectivity index is 2.07. The molecule has 0 aromatic heterocycles. The van der Waals surface area contributed by atoms with Crippen molar-refractivity contribution in [1.29, 1.82) is 0 Å². The molecule has 6 heteroatoms. The molecule has 1 unspecified atom stereocenters. The van der Waals surface area contributed by atoms with Crippen molar-refractivity contribution in [2.24, 2.45) is 0 Å². The van der Waals surface area contributed by atoms with Crippen LogP contribution in [0, 0.1) is 5.82 Å². The van der Waals surface area contributed by atoms with Crippen molar-refractivity contribution in [3.63, 3.8) is 0 Å². The Labute approximate surface area is 119 Å². The van der Waals surface area contributed by atoms with Gasteiger partial charge in [0.2, 0.25) is 10.0 Å². The van der Waals surface area contributed by atoms with Gasteiger partial charge in [0.1, 0.15) is 5.82 Å². The van der Waals surface area contributed by atoms with Gasteiger partial charge in [0.15, 0.2) is 0 Å². The van der Waals surface area contributed by atoms with Crippen LogP contribution in [-0.2, 0) is 15.8 Å². The number of nitrogens with zero attached hydrogens (tertiary/aromatic N) is 1. The molecule has 1 N–H and O–H groups in total. The highest BCUT2D eigenvalue weighted by Crippen LogP contribution is 2.26. The van der Waals surface area contributed by atoms with E-state index < -0.39 is 10.0 Å². The van der Waals surface area contributed by atoms with E-state index in [-0.39, 0.29) is 24.2 Å². The summed E-state index contributed by atoms with van der Waals surface area (Å²) in [4.78, 5) is 0. The Morgan fingerprint density at radius 1 is 1.30 bits per heavy atom. The highest BCUT2D eigenvalue weighted by Gasteiger charge is 2.33. The number of aliphatic hydroxyl groups is 1. The maximum absolute atomic E-state index is 12.8. The average molecular weight is 301 g/mol. The fraction of sp³-hybridized carbons (Fsp3) is 0.571. The summed E-state index contributed by atoms with van der Waals surface area (Å²) in [6.07, 6.45) is 3.02. The minimum atomic E-state index is -3.38. The van der Waals surface area contributed by atoms with Crippen LogP contribution in [0.4, 0.5) is 4.39 Å². The van der Waals surface area contributed by atoms with Gasteiger partial charge in [-0.2, -0.15) is 4.31 Å². The highest BCUT2D eigenvalue weighted by atomic mass is 32.2. The minimum Gasteiger partial charge on any atom is -0.396 e. The van der Waals surface area contributed by atoms with Crippen LogP contribution in [0.5, 0.6) is 0 Å². The standard InChI is InChI=1S/C14H20FNO3S/c15-13-7-5-12(6-8-13)11-20(18,19)16-9-1-3-14(16)4-2-10-17/h5-8,14,17H,1-4,9-11H2. The zero-order chi connectivity index (χ0) is 14.6. The van der Waals surface area contributed by atoms with E-state index in [1.807, 2.05) is 0 Å². The number of benzene rings is 1. The molecular weight excluding hydrogens is 281 g/mol. The first-order chi connectivity index (χ1) is 9.53. The summed E-state index contributed by atoms with van der Waals surface area (Å²) in [6.45, 7) is 0.627. The normalized spacial score (nSPS) is 20.4. The zero-order valence-corrected chi connectivity index (χ0v) is 12.2. The molecule has 0 spiro atoms. The molecule has 0 radical (unpaired) electrons. The first kappa shape index (κ1) is 15.4. The second-order valence-corrected chi connectivity index (χ2v) is 7.08. The average Bonchev–Trinajstić information content (AvgIpc) is 2.88. The van der Waals surface area contributed by atoms with E-state index in [1.165, 1.54) is 24.3 Å². The molecule has 0 bridgehead atoms. The maximum atomic E-state index is 12.8. The second kappa shape index (κ2) is 6.65. The van der Waals surface area contributed by atoms with E-state index in [0.29, 0.717) is 24.9 Å². The lowest BCUT2D eigenvalue weighted by molar-refractivity contribution is 0.264. The molecule has 1 fully saturated rings. The Morgan fingerprint density at radius 2 is 2.00 bits per heavy atom. The van der Waals surface area contributed by atoms with Crippen molar-refractivity contribution < 1.29 is 17.9 Å². The van der Waals surface area contributed by atoms with E-state index >= 15 is 0 Å². The molecule has 1 aromatic carbocycles. The summed E-state index contributed by atoms with van der Waals surface area (Å²) in [6, 6.07) is 5.56. The van der Waals surface area contributed by atoms with Gasteiger partial charge in [-0.3, -0.25) is 0 Å². The van der Waals surface area contributed by atoms with E-state index in [0.717, 1.165) is 12.8 Å². The monoisotopic (exact) mass is 301 g/mol. The summed E-state index contributed by atoms with van der Waals surface area (Å²) in [5.41, 5.74) is 0.596. The van der Waals surface area contributed by atoms with Crippen LogP contribution in [0.1, 0.15) is 31.2 Å². The number of aliphatic hydroxyl groups excluding tert-OH is 1. The molecule has 0 aliphatic carbocycles. The lowest BCUT2D eigenvalue weighted by Crippen LogP contribution is -2.36. The Morgan fingerprint density at radius 3 is 2.65 bits per heavy atom. The van der Waals surface area contributed by atoms with E-state index in [9.17, 15) is 12.8 Å². The molecule has 1 saturated heterocycles. The molecule has 0 saturated carbocycles. The Hall–Kier alpha value is -0.980. The number of hydrogen-bond donors (Lipinski definition) is 1. The van der Waals surface area contributed by atoms with Gasteiger partial charge in [-0.25, -0.2) is 12.8 Å². The van der Waals surface area contributed by atoms with Crippen molar-refractivity contribution in [3.8, 4) is 0 Å². The third kappa shape index (κ3) is 3.77.